The summed E-state index contributed by atoms with van der Waals surface area (Å²) < 4.78 is 3.72. The van der Waals surface area contributed by atoms with E-state index in [9.17, 15) is 9.59 Å². The first kappa shape index (κ1) is 27.0. The number of amides is 1. The number of hydrogen-bond donors (Lipinski definition) is 1. The van der Waals surface area contributed by atoms with Gasteiger partial charge in [-0.3, -0.25) is 9.36 Å². The summed E-state index contributed by atoms with van der Waals surface area (Å²) in [6, 6.07) is 16.4. The van der Waals surface area contributed by atoms with Crippen LogP contribution in [-0.2, 0) is 6.54 Å². The van der Waals surface area contributed by atoms with E-state index in [1.54, 1.807) is 28.5 Å². The fraction of sp³-hybridized carbons (Fsp3) is 0.333. The van der Waals surface area contributed by atoms with E-state index < -0.39 is 6.04 Å². The molecule has 2 aromatic carbocycles. The van der Waals surface area contributed by atoms with Crippen LogP contribution in [0.15, 0.2) is 63.9 Å². The van der Waals surface area contributed by atoms with Crippen molar-refractivity contribution in [2.45, 2.75) is 39.8 Å². The van der Waals surface area contributed by atoms with E-state index in [1.165, 1.54) is 4.52 Å². The first-order valence-electron chi connectivity index (χ1n) is 12.2. The molecule has 0 aliphatic rings. The van der Waals surface area contributed by atoms with Crippen molar-refractivity contribution in [3.8, 4) is 0 Å². The molecule has 10 heteroatoms. The lowest BCUT2D eigenvalue weighted by Crippen LogP contribution is -2.43. The van der Waals surface area contributed by atoms with Gasteiger partial charge in [0.2, 0.25) is 0 Å². The van der Waals surface area contributed by atoms with E-state index in [-0.39, 0.29) is 29.7 Å². The minimum absolute atomic E-state index is 0.0728. The van der Waals surface area contributed by atoms with Gasteiger partial charge >= 0.3 is 5.69 Å². The lowest BCUT2D eigenvalue weighted by molar-refractivity contribution is 0.0601. The van der Waals surface area contributed by atoms with Crippen LogP contribution in [0, 0.1) is 12.8 Å². The van der Waals surface area contributed by atoms with Gasteiger partial charge in [0.1, 0.15) is 10.8 Å². The molecule has 0 aliphatic heterocycles. The third-order valence-electron chi connectivity index (χ3n) is 6.24. The SMILES string of the molecule is Cc1nn2c(=O)n(Cc3ccccc3)c([C@@H](C(C)C)N(CCCN)C(=O)c3ccc(Br)cc3)nc2c1Cl. The van der Waals surface area contributed by atoms with Gasteiger partial charge in [-0.1, -0.05) is 71.7 Å². The van der Waals surface area contributed by atoms with Crippen LogP contribution in [0.1, 0.15) is 53.7 Å². The Morgan fingerprint density at radius 2 is 1.81 bits per heavy atom. The van der Waals surface area contributed by atoms with Gasteiger partial charge in [0.15, 0.2) is 5.65 Å². The van der Waals surface area contributed by atoms with Crippen molar-refractivity contribution in [3.05, 3.63) is 97.2 Å². The monoisotopic (exact) mass is 584 g/mol. The summed E-state index contributed by atoms with van der Waals surface area (Å²) in [7, 11) is 0. The minimum atomic E-state index is -0.518. The first-order chi connectivity index (χ1) is 17.7. The predicted octanol–water partition coefficient (Wildman–Crippen LogP) is 4.85. The van der Waals surface area contributed by atoms with E-state index in [4.69, 9.17) is 22.3 Å². The van der Waals surface area contributed by atoms with Crippen LogP contribution in [0.4, 0.5) is 0 Å². The summed E-state index contributed by atoms with van der Waals surface area (Å²) in [5, 5.41) is 4.65. The van der Waals surface area contributed by atoms with Crippen LogP contribution in [0.5, 0.6) is 0 Å². The van der Waals surface area contributed by atoms with Crippen LogP contribution in [-0.4, -0.2) is 43.1 Å². The number of carbonyl (C=O) groups is 1. The summed E-state index contributed by atoms with van der Waals surface area (Å²) in [5.41, 5.74) is 7.77. The summed E-state index contributed by atoms with van der Waals surface area (Å²) in [4.78, 5) is 34.3. The summed E-state index contributed by atoms with van der Waals surface area (Å²) in [5.74, 6) is 0.229. The molecule has 1 amide bonds. The van der Waals surface area contributed by atoms with E-state index in [0.29, 0.717) is 41.6 Å². The number of fused-ring (bicyclic) bond motifs is 1. The van der Waals surface area contributed by atoms with E-state index in [0.717, 1.165) is 10.0 Å². The van der Waals surface area contributed by atoms with E-state index in [1.807, 2.05) is 56.3 Å². The van der Waals surface area contributed by atoms with Crippen molar-refractivity contribution in [1.82, 2.24) is 24.1 Å². The average molecular weight is 586 g/mol. The highest BCUT2D eigenvalue weighted by molar-refractivity contribution is 9.10. The minimum Gasteiger partial charge on any atom is -0.330 e. The topological polar surface area (TPSA) is 98.5 Å². The molecule has 1 atom stereocenters. The highest BCUT2D eigenvalue weighted by Gasteiger charge is 2.33. The molecule has 0 saturated heterocycles. The second-order valence-electron chi connectivity index (χ2n) is 9.30. The smallest absolute Gasteiger partial charge is 0.330 e. The largest absolute Gasteiger partial charge is 0.352 e. The normalized spacial score (nSPS) is 12.3. The molecule has 0 saturated carbocycles. The van der Waals surface area contributed by atoms with Crippen LogP contribution in [0.2, 0.25) is 5.02 Å². The molecule has 4 aromatic rings. The highest BCUT2D eigenvalue weighted by atomic mass is 79.9. The number of nitrogens with two attached hydrogens (primary N) is 1. The molecular weight excluding hydrogens is 556 g/mol. The number of aromatic nitrogens is 4. The quantitative estimate of drug-likeness (QED) is 0.303. The van der Waals surface area contributed by atoms with Crippen molar-refractivity contribution >= 4 is 39.1 Å². The molecule has 37 heavy (non-hydrogen) atoms. The first-order valence-corrected chi connectivity index (χ1v) is 13.4. The summed E-state index contributed by atoms with van der Waals surface area (Å²) in [6.07, 6.45) is 0.600. The fourth-order valence-electron chi connectivity index (χ4n) is 4.43. The Morgan fingerprint density at radius 3 is 2.43 bits per heavy atom. The van der Waals surface area contributed by atoms with Crippen molar-refractivity contribution in [3.63, 3.8) is 0 Å². The van der Waals surface area contributed by atoms with Gasteiger partial charge in [-0.15, -0.1) is 0 Å². The zero-order valence-corrected chi connectivity index (χ0v) is 23.4. The molecule has 8 nitrogen and oxygen atoms in total. The third-order valence-corrected chi connectivity index (χ3v) is 7.22. The number of carbonyl (C=O) groups excluding carboxylic acids is 1. The molecule has 194 valence electrons. The third kappa shape index (κ3) is 5.63. The van der Waals surface area contributed by atoms with Gasteiger partial charge in [-0.25, -0.2) is 9.78 Å². The van der Waals surface area contributed by atoms with Gasteiger partial charge in [-0.05, 0) is 55.6 Å². The van der Waals surface area contributed by atoms with Crippen molar-refractivity contribution in [2.75, 3.05) is 13.1 Å². The number of hydrogen-bond acceptors (Lipinski definition) is 5. The lowest BCUT2D eigenvalue weighted by atomic mass is 9.99. The van der Waals surface area contributed by atoms with Crippen LogP contribution in [0.3, 0.4) is 0 Å². The Balaban J connectivity index is 1.94. The molecule has 0 aliphatic carbocycles. The maximum Gasteiger partial charge on any atom is 0.352 e. The second-order valence-corrected chi connectivity index (χ2v) is 10.6. The lowest BCUT2D eigenvalue weighted by Gasteiger charge is -2.35. The number of rotatable bonds is 9. The average Bonchev–Trinajstić information content (AvgIpc) is 3.17. The Hall–Kier alpha value is -3.01. The van der Waals surface area contributed by atoms with Crippen LogP contribution < -0.4 is 11.4 Å². The second kappa shape index (κ2) is 11.6. The van der Waals surface area contributed by atoms with E-state index in [2.05, 4.69) is 21.0 Å². The van der Waals surface area contributed by atoms with Crippen molar-refractivity contribution in [1.29, 1.82) is 0 Å². The molecule has 0 unspecified atom stereocenters. The van der Waals surface area contributed by atoms with Gasteiger partial charge in [0.25, 0.3) is 5.91 Å². The summed E-state index contributed by atoms with van der Waals surface area (Å²) in [6.45, 7) is 6.87. The number of nitrogens with zero attached hydrogens (tertiary/aromatic N) is 5. The summed E-state index contributed by atoms with van der Waals surface area (Å²) >= 11 is 9.96. The molecule has 2 aromatic heterocycles. The fourth-order valence-corrected chi connectivity index (χ4v) is 4.86. The Bertz CT molecular complexity index is 1450. The maximum atomic E-state index is 13.9. The number of aryl methyl sites for hydroxylation is 1. The molecular formula is C27H30BrClN6O2. The van der Waals surface area contributed by atoms with Crippen molar-refractivity contribution < 1.29 is 4.79 Å². The number of benzene rings is 2. The molecule has 0 spiro atoms. The Kier molecular flexibility index (Phi) is 8.46. The molecule has 0 bridgehead atoms. The van der Waals surface area contributed by atoms with Gasteiger partial charge < -0.3 is 10.6 Å². The molecule has 2 N–H and O–H groups in total. The van der Waals surface area contributed by atoms with Crippen LogP contribution in [0.25, 0.3) is 5.65 Å². The molecule has 2 heterocycles. The Morgan fingerprint density at radius 1 is 1.14 bits per heavy atom. The standard InChI is InChI=1S/C27H30BrClN6O2/c1-17(2)23(33(15-7-14-30)26(36)20-10-12-21(28)13-11-20)25-31-24-22(29)18(3)32-35(24)27(37)34(25)16-19-8-5-4-6-9-19/h4-6,8-13,17,23H,7,14-16,30H2,1-3H3/t23-/m1/s1. The zero-order valence-electron chi connectivity index (χ0n) is 21.1. The maximum absolute atomic E-state index is 13.9. The number of halogens is 2. The highest BCUT2D eigenvalue weighted by Crippen LogP contribution is 2.31. The molecule has 4 rings (SSSR count). The van der Waals surface area contributed by atoms with Gasteiger partial charge in [0, 0.05) is 16.6 Å². The van der Waals surface area contributed by atoms with Crippen LogP contribution >= 0.6 is 27.5 Å². The molecule has 0 fully saturated rings. The molecule has 0 radical (unpaired) electrons. The van der Waals surface area contributed by atoms with Gasteiger partial charge in [-0.2, -0.15) is 9.61 Å². The van der Waals surface area contributed by atoms with Crippen molar-refractivity contribution in [2.24, 2.45) is 11.7 Å². The van der Waals surface area contributed by atoms with Gasteiger partial charge in [0.05, 0.1) is 18.3 Å². The van der Waals surface area contributed by atoms with E-state index >= 15 is 0 Å². The predicted molar refractivity (Wildman–Crippen MR) is 149 cm³/mol. The Labute approximate surface area is 229 Å². The zero-order chi connectivity index (χ0) is 26.7.